The van der Waals surface area contributed by atoms with E-state index in [0.29, 0.717) is 11.6 Å². The third kappa shape index (κ3) is 4.82. The molecule has 0 saturated heterocycles. The summed E-state index contributed by atoms with van der Waals surface area (Å²) in [5, 5.41) is 14.0. The molecule has 0 aromatic heterocycles. The van der Waals surface area contributed by atoms with E-state index in [1.165, 1.54) is 25.3 Å². The molecule has 0 heterocycles. The zero-order chi connectivity index (χ0) is 15.1. The van der Waals surface area contributed by atoms with E-state index in [1.54, 1.807) is 18.2 Å². The zero-order valence-electron chi connectivity index (χ0n) is 11.9. The standard InChI is InChI=1S/C15H20N2O4/c18-15(10-16-13-7-2-1-3-8-13)21-11-12-6-4-5-9-14(12)17(19)20/h4-6,9,13,16H,1-3,7-8,10-11H2. The van der Waals surface area contributed by atoms with Gasteiger partial charge in [-0.25, -0.2) is 0 Å². The van der Waals surface area contributed by atoms with Gasteiger partial charge in [-0.15, -0.1) is 0 Å². The zero-order valence-corrected chi connectivity index (χ0v) is 11.9. The molecule has 0 unspecified atom stereocenters. The number of nitro benzene ring substituents is 1. The van der Waals surface area contributed by atoms with Crippen LogP contribution in [0.3, 0.4) is 0 Å². The smallest absolute Gasteiger partial charge is 0.320 e. The number of carbonyl (C=O) groups is 1. The SMILES string of the molecule is O=C(CNC1CCCCC1)OCc1ccccc1[N+](=O)[O-]. The average molecular weight is 292 g/mol. The number of hydrogen-bond acceptors (Lipinski definition) is 5. The third-order valence-corrected chi connectivity index (χ3v) is 3.72. The molecule has 6 nitrogen and oxygen atoms in total. The maximum atomic E-state index is 11.7. The molecule has 6 heteroatoms. The van der Waals surface area contributed by atoms with Crippen molar-refractivity contribution in [1.82, 2.24) is 5.32 Å². The molecule has 0 bridgehead atoms. The van der Waals surface area contributed by atoms with Gasteiger partial charge in [0.2, 0.25) is 0 Å². The molecule has 0 aliphatic heterocycles. The van der Waals surface area contributed by atoms with Crippen molar-refractivity contribution >= 4 is 11.7 Å². The predicted molar refractivity (Wildman–Crippen MR) is 77.8 cm³/mol. The van der Waals surface area contributed by atoms with Crippen LogP contribution in [0.2, 0.25) is 0 Å². The van der Waals surface area contributed by atoms with E-state index in [-0.39, 0.29) is 24.8 Å². The Kier molecular flexibility index (Phi) is 5.68. The van der Waals surface area contributed by atoms with Gasteiger partial charge in [0.15, 0.2) is 0 Å². The molecule has 0 amide bonds. The molecule has 1 aliphatic carbocycles. The minimum absolute atomic E-state index is 0.0226. The van der Waals surface area contributed by atoms with Crippen molar-refractivity contribution in [1.29, 1.82) is 0 Å². The van der Waals surface area contributed by atoms with Crippen LogP contribution in [0, 0.1) is 10.1 Å². The lowest BCUT2D eigenvalue weighted by Crippen LogP contribution is -2.35. The Bertz CT molecular complexity index is 498. The van der Waals surface area contributed by atoms with Gasteiger partial charge in [0.1, 0.15) is 6.61 Å². The molecule has 2 rings (SSSR count). The number of para-hydroxylation sites is 1. The summed E-state index contributed by atoms with van der Waals surface area (Å²) in [5.74, 6) is -0.376. The first kappa shape index (κ1) is 15.4. The fourth-order valence-electron chi connectivity index (χ4n) is 2.55. The Hall–Kier alpha value is -1.95. The second-order valence-electron chi connectivity index (χ2n) is 5.26. The Morgan fingerprint density at radius 1 is 1.29 bits per heavy atom. The lowest BCUT2D eigenvalue weighted by Gasteiger charge is -2.22. The first-order valence-corrected chi connectivity index (χ1v) is 7.28. The molecule has 1 aliphatic rings. The summed E-state index contributed by atoms with van der Waals surface area (Å²) in [4.78, 5) is 22.1. The van der Waals surface area contributed by atoms with Crippen LogP contribution in [0.1, 0.15) is 37.7 Å². The summed E-state index contributed by atoms with van der Waals surface area (Å²) in [5.41, 5.74) is 0.388. The lowest BCUT2D eigenvalue weighted by atomic mass is 9.96. The molecular formula is C15H20N2O4. The number of ether oxygens (including phenoxy) is 1. The molecule has 1 aromatic rings. The van der Waals surface area contributed by atoms with Crippen LogP contribution in [0.15, 0.2) is 24.3 Å². The largest absolute Gasteiger partial charge is 0.460 e. The highest BCUT2D eigenvalue weighted by molar-refractivity contribution is 5.71. The van der Waals surface area contributed by atoms with E-state index < -0.39 is 4.92 Å². The molecule has 0 radical (unpaired) electrons. The van der Waals surface area contributed by atoms with Crippen molar-refractivity contribution in [2.75, 3.05) is 6.54 Å². The number of esters is 1. The van der Waals surface area contributed by atoms with Crippen molar-refractivity contribution in [3.8, 4) is 0 Å². The number of benzene rings is 1. The molecule has 1 fully saturated rings. The first-order valence-electron chi connectivity index (χ1n) is 7.28. The van der Waals surface area contributed by atoms with Crippen LogP contribution < -0.4 is 5.32 Å². The van der Waals surface area contributed by atoms with Gasteiger partial charge in [-0.05, 0) is 18.9 Å². The summed E-state index contributed by atoms with van der Waals surface area (Å²) in [6.45, 7) is 0.0909. The Morgan fingerprint density at radius 3 is 2.71 bits per heavy atom. The van der Waals surface area contributed by atoms with Crippen molar-refractivity contribution in [2.24, 2.45) is 0 Å². The molecule has 21 heavy (non-hydrogen) atoms. The van der Waals surface area contributed by atoms with E-state index in [2.05, 4.69) is 5.32 Å². The minimum Gasteiger partial charge on any atom is -0.460 e. The molecule has 1 aromatic carbocycles. The van der Waals surface area contributed by atoms with Crippen molar-refractivity contribution < 1.29 is 14.5 Å². The fraction of sp³-hybridized carbons (Fsp3) is 0.533. The van der Waals surface area contributed by atoms with Crippen LogP contribution in [-0.2, 0) is 16.1 Å². The highest BCUT2D eigenvalue weighted by Crippen LogP contribution is 2.19. The van der Waals surface area contributed by atoms with Gasteiger partial charge in [-0.3, -0.25) is 14.9 Å². The van der Waals surface area contributed by atoms with Gasteiger partial charge < -0.3 is 10.1 Å². The topological polar surface area (TPSA) is 81.5 Å². The van der Waals surface area contributed by atoms with Crippen molar-refractivity contribution in [2.45, 2.75) is 44.8 Å². The second-order valence-corrected chi connectivity index (χ2v) is 5.26. The van der Waals surface area contributed by atoms with Crippen LogP contribution in [0.4, 0.5) is 5.69 Å². The number of nitrogens with one attached hydrogen (secondary N) is 1. The Balaban J connectivity index is 1.77. The monoisotopic (exact) mass is 292 g/mol. The van der Waals surface area contributed by atoms with E-state index in [9.17, 15) is 14.9 Å². The minimum atomic E-state index is -0.469. The number of nitrogens with zero attached hydrogens (tertiary/aromatic N) is 1. The van der Waals surface area contributed by atoms with E-state index in [1.807, 2.05) is 0 Å². The molecule has 114 valence electrons. The summed E-state index contributed by atoms with van der Waals surface area (Å²) in [7, 11) is 0. The first-order chi connectivity index (χ1) is 10.2. The summed E-state index contributed by atoms with van der Waals surface area (Å²) in [6.07, 6.45) is 5.85. The summed E-state index contributed by atoms with van der Waals surface area (Å²) >= 11 is 0. The van der Waals surface area contributed by atoms with Crippen molar-refractivity contribution in [3.63, 3.8) is 0 Å². The van der Waals surface area contributed by atoms with Gasteiger partial charge in [0.25, 0.3) is 5.69 Å². The maximum Gasteiger partial charge on any atom is 0.320 e. The quantitative estimate of drug-likeness (QED) is 0.495. The average Bonchev–Trinajstić information content (AvgIpc) is 2.52. The van der Waals surface area contributed by atoms with Gasteiger partial charge in [-0.1, -0.05) is 31.4 Å². The fourth-order valence-corrected chi connectivity index (χ4v) is 2.55. The van der Waals surface area contributed by atoms with Crippen LogP contribution in [0.25, 0.3) is 0 Å². The van der Waals surface area contributed by atoms with E-state index in [0.717, 1.165) is 12.8 Å². The molecule has 1 saturated carbocycles. The lowest BCUT2D eigenvalue weighted by molar-refractivity contribution is -0.385. The van der Waals surface area contributed by atoms with Gasteiger partial charge in [0, 0.05) is 12.1 Å². The number of carbonyl (C=O) groups excluding carboxylic acids is 1. The van der Waals surface area contributed by atoms with Gasteiger partial charge >= 0.3 is 5.97 Å². The molecular weight excluding hydrogens is 272 g/mol. The predicted octanol–water partition coefficient (Wildman–Crippen LogP) is 2.56. The normalized spacial score (nSPS) is 15.6. The van der Waals surface area contributed by atoms with Crippen molar-refractivity contribution in [3.05, 3.63) is 39.9 Å². The van der Waals surface area contributed by atoms with Gasteiger partial charge in [-0.2, -0.15) is 0 Å². The van der Waals surface area contributed by atoms with E-state index in [4.69, 9.17) is 4.74 Å². The third-order valence-electron chi connectivity index (χ3n) is 3.72. The molecule has 0 atom stereocenters. The molecule has 0 spiro atoms. The van der Waals surface area contributed by atoms with Gasteiger partial charge in [0.05, 0.1) is 17.0 Å². The highest BCUT2D eigenvalue weighted by Gasteiger charge is 2.16. The highest BCUT2D eigenvalue weighted by atomic mass is 16.6. The van der Waals surface area contributed by atoms with Crippen LogP contribution >= 0.6 is 0 Å². The summed E-state index contributed by atoms with van der Waals surface area (Å²) in [6, 6.07) is 6.67. The van der Waals surface area contributed by atoms with Crippen LogP contribution in [-0.4, -0.2) is 23.5 Å². The second kappa shape index (κ2) is 7.73. The molecule has 1 N–H and O–H groups in total. The van der Waals surface area contributed by atoms with Crippen LogP contribution in [0.5, 0.6) is 0 Å². The summed E-state index contributed by atoms with van der Waals surface area (Å²) < 4.78 is 5.10. The Labute approximate surface area is 123 Å². The number of hydrogen-bond donors (Lipinski definition) is 1. The number of nitro groups is 1. The van der Waals surface area contributed by atoms with E-state index >= 15 is 0 Å². The number of rotatable bonds is 6. The Morgan fingerprint density at radius 2 is 2.00 bits per heavy atom. The maximum absolute atomic E-state index is 11.7.